The molecule has 1 saturated heterocycles. The largest absolute Gasteiger partial charge is 0.463 e. The van der Waals surface area contributed by atoms with Crippen molar-refractivity contribution in [2.75, 3.05) is 7.11 Å². The monoisotopic (exact) mass is 356 g/mol. The molecular weight excluding hydrogens is 336 g/mol. The summed E-state index contributed by atoms with van der Waals surface area (Å²) in [5, 5.41) is 2.85. The summed E-state index contributed by atoms with van der Waals surface area (Å²) in [6, 6.07) is 11.7. The van der Waals surface area contributed by atoms with Gasteiger partial charge in [0.05, 0.1) is 13.7 Å². The summed E-state index contributed by atoms with van der Waals surface area (Å²) < 4.78 is 9.97. The van der Waals surface area contributed by atoms with Gasteiger partial charge in [0.25, 0.3) is 5.91 Å². The highest BCUT2D eigenvalue weighted by Crippen LogP contribution is 2.34. The molecule has 0 bridgehead atoms. The number of hydrogen-bond donors (Lipinski definition) is 1. The normalized spacial score (nSPS) is 19.5. The zero-order valence-corrected chi connectivity index (χ0v) is 14.7. The maximum atomic E-state index is 13.1. The van der Waals surface area contributed by atoms with Gasteiger partial charge in [0.15, 0.2) is 0 Å². The first-order valence-corrected chi connectivity index (χ1v) is 8.38. The summed E-state index contributed by atoms with van der Waals surface area (Å²) in [7, 11) is 1.25. The first-order valence-electron chi connectivity index (χ1n) is 8.38. The third kappa shape index (κ3) is 2.96. The van der Waals surface area contributed by atoms with Gasteiger partial charge >= 0.3 is 12.0 Å². The molecule has 1 atom stereocenters. The number of nitrogens with one attached hydrogen (secondary N) is 1. The molecule has 0 aliphatic carbocycles. The Hall–Kier alpha value is -3.09. The van der Waals surface area contributed by atoms with Crippen molar-refractivity contribution in [3.8, 4) is 0 Å². The number of furan rings is 1. The second-order valence-corrected chi connectivity index (χ2v) is 6.10. The zero-order chi connectivity index (χ0) is 18.7. The molecule has 1 aromatic heterocycles. The van der Waals surface area contributed by atoms with Crippen LogP contribution in [0.5, 0.6) is 0 Å². The number of carbonyl (C=O) groups is 3. The lowest BCUT2D eigenvalue weighted by Gasteiger charge is -2.26. The van der Waals surface area contributed by atoms with Crippen LogP contribution in [0.4, 0.5) is 4.79 Å². The highest BCUT2D eigenvalue weighted by Gasteiger charge is 2.51. The molecule has 2 heterocycles. The van der Waals surface area contributed by atoms with E-state index in [1.807, 2.05) is 37.3 Å². The van der Waals surface area contributed by atoms with Crippen LogP contribution < -0.4 is 5.32 Å². The Balaban J connectivity index is 1.88. The highest BCUT2D eigenvalue weighted by atomic mass is 16.5. The molecule has 1 aliphatic rings. The molecule has 3 amide bonds. The van der Waals surface area contributed by atoms with E-state index in [4.69, 9.17) is 4.42 Å². The van der Waals surface area contributed by atoms with Crippen molar-refractivity contribution in [2.24, 2.45) is 0 Å². The molecule has 2 aromatic rings. The van der Waals surface area contributed by atoms with Gasteiger partial charge < -0.3 is 14.5 Å². The van der Waals surface area contributed by atoms with Crippen LogP contribution >= 0.6 is 0 Å². The summed E-state index contributed by atoms with van der Waals surface area (Å²) in [5.41, 5.74) is -0.331. The van der Waals surface area contributed by atoms with E-state index in [0.717, 1.165) is 16.9 Å². The number of urea groups is 1. The van der Waals surface area contributed by atoms with Crippen molar-refractivity contribution in [2.45, 2.75) is 31.8 Å². The Morgan fingerprint density at radius 1 is 1.19 bits per heavy atom. The lowest BCUT2D eigenvalue weighted by molar-refractivity contribution is -0.132. The van der Waals surface area contributed by atoms with Gasteiger partial charge in [-0.15, -0.1) is 0 Å². The van der Waals surface area contributed by atoms with Crippen molar-refractivity contribution in [1.29, 1.82) is 0 Å². The molecule has 3 rings (SSSR count). The van der Waals surface area contributed by atoms with Crippen molar-refractivity contribution < 1.29 is 23.5 Å². The first-order chi connectivity index (χ1) is 12.5. The fraction of sp³-hybridized carbons (Fsp3) is 0.316. The van der Waals surface area contributed by atoms with Crippen molar-refractivity contribution in [3.63, 3.8) is 0 Å². The van der Waals surface area contributed by atoms with E-state index >= 15 is 0 Å². The standard InChI is InChI=1S/C19H20N2O5/c1-3-11-19(13-7-5-4-6-8-13)17(23)21(18(24)20-19)12-14-9-10-15(26-14)16(22)25-2/h4-10H,3,11-12H2,1-2H3,(H,20,24)/t19-/m0/s1. The van der Waals surface area contributed by atoms with Gasteiger partial charge in [-0.2, -0.15) is 0 Å². The van der Waals surface area contributed by atoms with Crippen LogP contribution in [0, 0.1) is 0 Å². The third-order valence-corrected chi connectivity index (χ3v) is 4.43. The number of carbonyl (C=O) groups excluding carboxylic acids is 3. The second-order valence-electron chi connectivity index (χ2n) is 6.10. The van der Waals surface area contributed by atoms with Crippen LogP contribution in [-0.4, -0.2) is 29.9 Å². The minimum Gasteiger partial charge on any atom is -0.463 e. The molecule has 7 nitrogen and oxygen atoms in total. The molecule has 0 unspecified atom stereocenters. The molecule has 0 saturated carbocycles. The van der Waals surface area contributed by atoms with Crippen LogP contribution in [0.15, 0.2) is 46.9 Å². The van der Waals surface area contributed by atoms with Gasteiger partial charge in [0.2, 0.25) is 5.76 Å². The first kappa shape index (κ1) is 17.7. The minimum atomic E-state index is -1.08. The van der Waals surface area contributed by atoms with Crippen LogP contribution in [-0.2, 0) is 21.6 Å². The van der Waals surface area contributed by atoms with Crippen molar-refractivity contribution in [3.05, 3.63) is 59.5 Å². The van der Waals surface area contributed by atoms with E-state index in [1.54, 1.807) is 6.07 Å². The number of hydrogen-bond acceptors (Lipinski definition) is 5. The summed E-state index contributed by atoms with van der Waals surface area (Å²) in [4.78, 5) is 38.3. The van der Waals surface area contributed by atoms with Gasteiger partial charge in [0.1, 0.15) is 11.3 Å². The average molecular weight is 356 g/mol. The quantitative estimate of drug-likeness (QED) is 0.635. The fourth-order valence-electron chi connectivity index (χ4n) is 3.21. The van der Waals surface area contributed by atoms with Crippen molar-refractivity contribution >= 4 is 17.9 Å². The highest BCUT2D eigenvalue weighted by molar-refractivity contribution is 6.07. The second kappa shape index (κ2) is 7.03. The molecule has 1 aromatic carbocycles. The summed E-state index contributed by atoms with van der Waals surface area (Å²) >= 11 is 0. The minimum absolute atomic E-state index is 0.0254. The molecule has 7 heteroatoms. The molecular formula is C19H20N2O5. The smallest absolute Gasteiger partial charge is 0.373 e. The Labute approximate surface area is 150 Å². The van der Waals surface area contributed by atoms with Gasteiger partial charge in [0, 0.05) is 0 Å². The SMILES string of the molecule is CCC[C@@]1(c2ccccc2)NC(=O)N(Cc2ccc(C(=O)OC)o2)C1=O. The number of methoxy groups -OCH3 is 1. The van der Waals surface area contributed by atoms with Crippen LogP contribution in [0.25, 0.3) is 0 Å². The number of nitrogens with zero attached hydrogens (tertiary/aromatic N) is 1. The Bertz CT molecular complexity index is 829. The molecule has 0 radical (unpaired) electrons. The molecule has 0 spiro atoms. The number of imide groups is 1. The van der Waals surface area contributed by atoms with Gasteiger partial charge in [-0.05, 0) is 24.1 Å². The third-order valence-electron chi connectivity index (χ3n) is 4.43. The van der Waals surface area contributed by atoms with Crippen LogP contribution in [0.2, 0.25) is 0 Å². The van der Waals surface area contributed by atoms with E-state index in [1.165, 1.54) is 13.2 Å². The van der Waals surface area contributed by atoms with Crippen LogP contribution in [0.1, 0.15) is 41.6 Å². The van der Waals surface area contributed by atoms with Crippen molar-refractivity contribution in [1.82, 2.24) is 10.2 Å². The van der Waals surface area contributed by atoms with Crippen LogP contribution in [0.3, 0.4) is 0 Å². The topological polar surface area (TPSA) is 88.8 Å². The maximum absolute atomic E-state index is 13.1. The maximum Gasteiger partial charge on any atom is 0.373 e. The van der Waals surface area contributed by atoms with Gasteiger partial charge in [-0.1, -0.05) is 43.7 Å². The number of esters is 1. The molecule has 1 N–H and O–H groups in total. The van der Waals surface area contributed by atoms with E-state index < -0.39 is 17.5 Å². The zero-order valence-electron chi connectivity index (χ0n) is 14.7. The van der Waals surface area contributed by atoms with Gasteiger partial charge in [-0.25, -0.2) is 9.59 Å². The predicted molar refractivity (Wildman–Crippen MR) is 92.2 cm³/mol. The Kier molecular flexibility index (Phi) is 4.79. The van der Waals surface area contributed by atoms with Gasteiger partial charge in [-0.3, -0.25) is 9.69 Å². The lowest BCUT2D eigenvalue weighted by atomic mass is 9.85. The predicted octanol–water partition coefficient (Wildman–Crippen LogP) is 2.81. The summed E-state index contributed by atoms with van der Waals surface area (Å²) in [6.45, 7) is 1.90. The van der Waals surface area contributed by atoms with E-state index in [9.17, 15) is 14.4 Å². The summed E-state index contributed by atoms with van der Waals surface area (Å²) in [5.74, 6) is -0.587. The van der Waals surface area contributed by atoms with E-state index in [0.29, 0.717) is 12.2 Å². The number of rotatable bonds is 6. The molecule has 1 aliphatic heterocycles. The van der Waals surface area contributed by atoms with E-state index in [2.05, 4.69) is 10.1 Å². The van der Waals surface area contributed by atoms with E-state index in [-0.39, 0.29) is 18.2 Å². The molecule has 136 valence electrons. The number of benzene rings is 1. The average Bonchev–Trinajstić information content (AvgIpc) is 3.22. The lowest BCUT2D eigenvalue weighted by Crippen LogP contribution is -2.43. The number of amides is 3. The Morgan fingerprint density at radius 2 is 1.92 bits per heavy atom. The molecule has 26 heavy (non-hydrogen) atoms. The Morgan fingerprint density at radius 3 is 2.58 bits per heavy atom. The molecule has 1 fully saturated rings. The number of ether oxygens (including phenoxy) is 1. The fourth-order valence-corrected chi connectivity index (χ4v) is 3.21. The summed E-state index contributed by atoms with van der Waals surface area (Å²) in [6.07, 6.45) is 1.21.